The van der Waals surface area contributed by atoms with Crippen LogP contribution >= 0.6 is 11.6 Å². The Kier molecular flexibility index (Phi) is 4.31. The largest absolute Gasteiger partial charge is 0.346 e. The molecule has 0 bridgehead atoms. The Labute approximate surface area is 156 Å². The summed E-state index contributed by atoms with van der Waals surface area (Å²) in [5, 5.41) is 3.60. The molecule has 1 amide bonds. The van der Waals surface area contributed by atoms with Gasteiger partial charge in [0.1, 0.15) is 0 Å². The minimum atomic E-state index is -0.344. The van der Waals surface area contributed by atoms with E-state index in [2.05, 4.69) is 21.4 Å². The molecule has 3 aromatic rings. The van der Waals surface area contributed by atoms with Crippen LogP contribution in [0.25, 0.3) is 11.6 Å². The van der Waals surface area contributed by atoms with Crippen LogP contribution in [0.15, 0.2) is 49.1 Å². The fourth-order valence-corrected chi connectivity index (χ4v) is 3.59. The topological polar surface area (TPSA) is 59.8 Å². The lowest BCUT2D eigenvalue weighted by Gasteiger charge is -2.22. The van der Waals surface area contributed by atoms with E-state index in [4.69, 9.17) is 11.6 Å². The van der Waals surface area contributed by atoms with Crippen molar-refractivity contribution in [3.05, 3.63) is 82.2 Å². The number of imidazole rings is 1. The van der Waals surface area contributed by atoms with Crippen molar-refractivity contribution in [1.29, 1.82) is 0 Å². The highest BCUT2D eigenvalue weighted by molar-refractivity contribution is 6.30. The number of aromatic nitrogens is 3. The zero-order valence-electron chi connectivity index (χ0n) is 14.2. The highest BCUT2D eigenvalue weighted by Gasteiger charge is 2.25. The second-order valence-corrected chi connectivity index (χ2v) is 6.70. The Morgan fingerprint density at radius 2 is 2.23 bits per heavy atom. The monoisotopic (exact) mass is 364 g/mol. The molecule has 0 saturated carbocycles. The van der Waals surface area contributed by atoms with Crippen LogP contribution in [-0.2, 0) is 18.3 Å². The van der Waals surface area contributed by atoms with E-state index in [0.717, 1.165) is 40.1 Å². The maximum absolute atomic E-state index is 11.4. The van der Waals surface area contributed by atoms with Crippen molar-refractivity contribution in [1.82, 2.24) is 19.9 Å². The molecular formula is C20H17ClN4O. The van der Waals surface area contributed by atoms with Gasteiger partial charge >= 0.3 is 0 Å². The molecule has 6 heteroatoms. The third kappa shape index (κ3) is 2.91. The molecule has 1 atom stereocenters. The van der Waals surface area contributed by atoms with Crippen LogP contribution in [0.2, 0.25) is 5.02 Å². The fourth-order valence-electron chi connectivity index (χ4n) is 3.41. The highest BCUT2D eigenvalue weighted by atomic mass is 35.5. The summed E-state index contributed by atoms with van der Waals surface area (Å²) < 4.78 is 1.90. The van der Waals surface area contributed by atoms with E-state index >= 15 is 0 Å². The predicted molar refractivity (Wildman–Crippen MR) is 102 cm³/mol. The number of carbonyl (C=O) groups is 1. The number of nitrogens with zero attached hydrogens (tertiary/aromatic N) is 3. The third-order valence-electron chi connectivity index (χ3n) is 4.67. The number of rotatable bonds is 4. The van der Waals surface area contributed by atoms with Crippen molar-refractivity contribution >= 4 is 29.7 Å². The van der Waals surface area contributed by atoms with E-state index in [0.29, 0.717) is 11.4 Å². The van der Waals surface area contributed by atoms with Crippen molar-refractivity contribution in [2.24, 2.45) is 7.05 Å². The number of hydrogen-bond donors (Lipinski definition) is 1. The molecule has 1 unspecified atom stereocenters. The SMILES string of the molecule is Cn1cncc1C(NC=O)C1=Cc2cccnc2Cc2ccc(Cl)cc21. The van der Waals surface area contributed by atoms with Crippen LogP contribution in [0.3, 0.4) is 0 Å². The molecule has 5 nitrogen and oxygen atoms in total. The van der Waals surface area contributed by atoms with Crippen LogP contribution in [0, 0.1) is 0 Å². The van der Waals surface area contributed by atoms with Gasteiger partial charge in [0.25, 0.3) is 0 Å². The number of fused-ring (bicyclic) bond motifs is 2. The lowest BCUT2D eigenvalue weighted by Crippen LogP contribution is -2.23. The van der Waals surface area contributed by atoms with Gasteiger partial charge in [-0.05, 0) is 46.5 Å². The molecule has 26 heavy (non-hydrogen) atoms. The Morgan fingerprint density at radius 1 is 1.35 bits per heavy atom. The van der Waals surface area contributed by atoms with E-state index in [9.17, 15) is 4.79 Å². The molecule has 0 aliphatic heterocycles. The lowest BCUT2D eigenvalue weighted by atomic mass is 9.92. The van der Waals surface area contributed by atoms with Gasteiger partial charge < -0.3 is 9.88 Å². The quantitative estimate of drug-likeness (QED) is 0.722. The van der Waals surface area contributed by atoms with Crippen LogP contribution in [-0.4, -0.2) is 20.9 Å². The fraction of sp³-hybridized carbons (Fsp3) is 0.150. The van der Waals surface area contributed by atoms with Gasteiger partial charge in [-0.1, -0.05) is 23.7 Å². The number of nitrogens with one attached hydrogen (secondary N) is 1. The summed E-state index contributed by atoms with van der Waals surface area (Å²) in [6, 6.07) is 9.47. The standard InChI is InChI=1S/C20H17ClN4O/c1-25-11-22-10-19(25)20(24-12-26)17-7-14-3-2-6-23-18(14)8-13-4-5-15(21)9-16(13)17/h2-7,9-12,20H,8H2,1H3,(H,24,26). The first kappa shape index (κ1) is 16.5. The molecule has 0 spiro atoms. The van der Waals surface area contributed by atoms with E-state index in [1.807, 2.05) is 41.9 Å². The molecule has 1 aromatic carbocycles. The lowest BCUT2D eigenvalue weighted by molar-refractivity contribution is -0.109. The summed E-state index contributed by atoms with van der Waals surface area (Å²) >= 11 is 6.29. The van der Waals surface area contributed by atoms with E-state index in [1.165, 1.54) is 0 Å². The molecule has 1 aliphatic carbocycles. The average molecular weight is 365 g/mol. The number of halogens is 1. The Morgan fingerprint density at radius 3 is 3.00 bits per heavy atom. The average Bonchev–Trinajstić information content (AvgIpc) is 2.99. The molecule has 4 rings (SSSR count). The predicted octanol–water partition coefficient (Wildman–Crippen LogP) is 3.40. The molecule has 0 saturated heterocycles. The van der Waals surface area contributed by atoms with Gasteiger partial charge in [-0.15, -0.1) is 0 Å². The van der Waals surface area contributed by atoms with Gasteiger partial charge in [-0.2, -0.15) is 0 Å². The zero-order valence-corrected chi connectivity index (χ0v) is 14.9. The van der Waals surface area contributed by atoms with Crippen LogP contribution in [0.5, 0.6) is 0 Å². The first-order valence-electron chi connectivity index (χ1n) is 8.27. The van der Waals surface area contributed by atoms with Gasteiger partial charge in [0, 0.05) is 24.7 Å². The van der Waals surface area contributed by atoms with Crippen LogP contribution < -0.4 is 5.32 Å². The molecule has 1 aliphatic rings. The third-order valence-corrected chi connectivity index (χ3v) is 4.91. The van der Waals surface area contributed by atoms with Crippen molar-refractivity contribution in [2.75, 3.05) is 0 Å². The van der Waals surface area contributed by atoms with Crippen LogP contribution in [0.4, 0.5) is 0 Å². The maximum Gasteiger partial charge on any atom is 0.207 e. The highest BCUT2D eigenvalue weighted by Crippen LogP contribution is 2.38. The van der Waals surface area contributed by atoms with Gasteiger partial charge in [0.15, 0.2) is 0 Å². The number of carbonyl (C=O) groups excluding carboxylic acids is 1. The summed E-state index contributed by atoms with van der Waals surface area (Å²) in [6.45, 7) is 0. The number of hydrogen-bond acceptors (Lipinski definition) is 3. The van der Waals surface area contributed by atoms with Crippen LogP contribution in [0.1, 0.15) is 34.1 Å². The van der Waals surface area contributed by atoms with Gasteiger partial charge in [-0.25, -0.2) is 4.98 Å². The van der Waals surface area contributed by atoms with E-state index < -0.39 is 0 Å². The summed E-state index contributed by atoms with van der Waals surface area (Å²) in [6.07, 6.45) is 8.80. The molecule has 130 valence electrons. The summed E-state index contributed by atoms with van der Waals surface area (Å²) in [5.74, 6) is 0. The van der Waals surface area contributed by atoms with Gasteiger partial charge in [0.05, 0.1) is 30.0 Å². The minimum absolute atomic E-state index is 0.344. The molecule has 0 fully saturated rings. The first-order valence-corrected chi connectivity index (χ1v) is 8.65. The second-order valence-electron chi connectivity index (χ2n) is 6.26. The molecule has 0 radical (unpaired) electrons. The van der Waals surface area contributed by atoms with Gasteiger partial charge in [-0.3, -0.25) is 9.78 Å². The molecule has 1 N–H and O–H groups in total. The summed E-state index contributed by atoms with van der Waals surface area (Å²) in [5.41, 5.74) is 6.02. The zero-order chi connectivity index (χ0) is 18.1. The molecular weight excluding hydrogens is 348 g/mol. The second kappa shape index (κ2) is 6.77. The smallest absolute Gasteiger partial charge is 0.207 e. The minimum Gasteiger partial charge on any atom is -0.346 e. The number of aryl methyl sites for hydroxylation is 1. The molecule has 2 heterocycles. The van der Waals surface area contributed by atoms with Crippen molar-refractivity contribution < 1.29 is 4.79 Å². The number of benzene rings is 1. The van der Waals surface area contributed by atoms with E-state index in [1.54, 1.807) is 18.7 Å². The molecule has 2 aromatic heterocycles. The normalized spacial score (nSPS) is 13.8. The Balaban J connectivity index is 1.97. The Hall–Kier alpha value is -2.92. The van der Waals surface area contributed by atoms with Gasteiger partial charge in [0.2, 0.25) is 6.41 Å². The Bertz CT molecular complexity index is 1010. The number of amides is 1. The van der Waals surface area contributed by atoms with E-state index in [-0.39, 0.29) is 6.04 Å². The first-order chi connectivity index (χ1) is 12.7. The maximum atomic E-state index is 11.4. The van der Waals surface area contributed by atoms with Crippen molar-refractivity contribution in [3.8, 4) is 0 Å². The summed E-state index contributed by atoms with van der Waals surface area (Å²) in [7, 11) is 1.91. The summed E-state index contributed by atoms with van der Waals surface area (Å²) in [4.78, 5) is 20.1. The van der Waals surface area contributed by atoms with Crippen molar-refractivity contribution in [2.45, 2.75) is 12.5 Å². The number of pyridine rings is 1. The van der Waals surface area contributed by atoms with Crippen molar-refractivity contribution in [3.63, 3.8) is 0 Å².